The first-order chi connectivity index (χ1) is 9.68. The lowest BCUT2D eigenvalue weighted by Gasteiger charge is -2.30. The minimum atomic E-state index is -4.57. The standard InChI is InChI=1S/C14H20F3N3O/c1-9(2)20(6-3-7-21)10-4-5-11(13(18)19)12(8-10)14(15,16)17/h4-5,8-9,21H,3,6-7H2,1-2H3,(H3,18,19). The summed E-state index contributed by atoms with van der Waals surface area (Å²) in [6.07, 6.45) is -4.11. The van der Waals surface area contributed by atoms with E-state index >= 15 is 0 Å². The molecular formula is C14H20F3N3O. The molecule has 0 heterocycles. The minimum Gasteiger partial charge on any atom is -0.396 e. The van der Waals surface area contributed by atoms with E-state index in [1.54, 1.807) is 4.90 Å². The predicted molar refractivity (Wildman–Crippen MR) is 76.6 cm³/mol. The van der Waals surface area contributed by atoms with Crippen LogP contribution in [0, 0.1) is 5.41 Å². The second kappa shape index (κ2) is 6.80. The van der Waals surface area contributed by atoms with Gasteiger partial charge in [0.1, 0.15) is 5.84 Å². The molecule has 21 heavy (non-hydrogen) atoms. The lowest BCUT2D eigenvalue weighted by molar-refractivity contribution is -0.137. The van der Waals surface area contributed by atoms with Crippen molar-refractivity contribution in [1.29, 1.82) is 5.41 Å². The van der Waals surface area contributed by atoms with Gasteiger partial charge in [0.2, 0.25) is 0 Å². The van der Waals surface area contributed by atoms with Crippen LogP contribution in [0.25, 0.3) is 0 Å². The van der Waals surface area contributed by atoms with Gasteiger partial charge in [0, 0.05) is 30.4 Å². The number of benzene rings is 1. The Morgan fingerprint density at radius 2 is 2.00 bits per heavy atom. The zero-order valence-electron chi connectivity index (χ0n) is 12.0. The van der Waals surface area contributed by atoms with Gasteiger partial charge in [0.05, 0.1) is 5.56 Å². The molecule has 0 aliphatic rings. The van der Waals surface area contributed by atoms with E-state index in [1.807, 2.05) is 13.8 Å². The molecule has 0 unspecified atom stereocenters. The molecule has 4 N–H and O–H groups in total. The summed E-state index contributed by atoms with van der Waals surface area (Å²) in [6.45, 7) is 4.15. The molecule has 0 radical (unpaired) electrons. The quantitative estimate of drug-likeness (QED) is 0.558. The predicted octanol–water partition coefficient (Wildman–Crippen LogP) is 2.59. The molecule has 0 spiro atoms. The molecule has 0 saturated carbocycles. The van der Waals surface area contributed by atoms with Crippen molar-refractivity contribution in [3.8, 4) is 0 Å². The highest BCUT2D eigenvalue weighted by Crippen LogP contribution is 2.35. The van der Waals surface area contributed by atoms with Crippen LogP contribution in [-0.2, 0) is 6.18 Å². The Kier molecular flexibility index (Phi) is 5.60. The summed E-state index contributed by atoms with van der Waals surface area (Å²) in [7, 11) is 0. The van der Waals surface area contributed by atoms with Crippen molar-refractivity contribution < 1.29 is 18.3 Å². The number of nitrogens with one attached hydrogen (secondary N) is 1. The lowest BCUT2D eigenvalue weighted by atomic mass is 10.0. The fraction of sp³-hybridized carbons (Fsp3) is 0.500. The zero-order chi connectivity index (χ0) is 16.2. The van der Waals surface area contributed by atoms with Crippen molar-refractivity contribution in [3.05, 3.63) is 29.3 Å². The number of aliphatic hydroxyl groups is 1. The van der Waals surface area contributed by atoms with E-state index in [2.05, 4.69) is 0 Å². The summed E-state index contributed by atoms with van der Waals surface area (Å²) in [6, 6.07) is 3.73. The third kappa shape index (κ3) is 4.35. The molecule has 0 saturated heterocycles. The summed E-state index contributed by atoms with van der Waals surface area (Å²) in [4.78, 5) is 1.77. The first-order valence-corrected chi connectivity index (χ1v) is 6.61. The lowest BCUT2D eigenvalue weighted by Crippen LogP contribution is -2.32. The van der Waals surface area contributed by atoms with Gasteiger partial charge in [-0.1, -0.05) is 0 Å². The maximum Gasteiger partial charge on any atom is 0.417 e. The molecule has 1 aromatic rings. The van der Waals surface area contributed by atoms with Gasteiger partial charge in [0.25, 0.3) is 0 Å². The molecule has 4 nitrogen and oxygen atoms in total. The molecule has 0 aliphatic heterocycles. The SMILES string of the molecule is CC(C)N(CCCO)c1ccc(C(=N)N)c(C(F)(F)F)c1. The van der Waals surface area contributed by atoms with Crippen LogP contribution in [-0.4, -0.2) is 30.1 Å². The summed E-state index contributed by atoms with van der Waals surface area (Å²) < 4.78 is 39.3. The molecule has 7 heteroatoms. The zero-order valence-corrected chi connectivity index (χ0v) is 12.0. The molecule has 1 rings (SSSR count). The van der Waals surface area contributed by atoms with Gasteiger partial charge in [-0.05, 0) is 38.5 Å². The van der Waals surface area contributed by atoms with Crippen LogP contribution >= 0.6 is 0 Å². The summed E-state index contributed by atoms with van der Waals surface area (Å²) in [5, 5.41) is 16.2. The second-order valence-corrected chi connectivity index (χ2v) is 5.01. The average Bonchev–Trinajstić information content (AvgIpc) is 2.37. The van der Waals surface area contributed by atoms with Crippen molar-refractivity contribution >= 4 is 11.5 Å². The molecule has 1 aromatic carbocycles. The van der Waals surface area contributed by atoms with E-state index in [1.165, 1.54) is 12.1 Å². The van der Waals surface area contributed by atoms with Crippen LogP contribution in [0.3, 0.4) is 0 Å². The Morgan fingerprint density at radius 3 is 2.43 bits per heavy atom. The molecule has 0 aliphatic carbocycles. The number of anilines is 1. The van der Waals surface area contributed by atoms with Gasteiger partial charge in [0.15, 0.2) is 0 Å². The van der Waals surface area contributed by atoms with E-state index in [0.717, 1.165) is 6.07 Å². The maximum atomic E-state index is 13.1. The van der Waals surface area contributed by atoms with Gasteiger partial charge in [-0.25, -0.2) is 0 Å². The molecular weight excluding hydrogens is 283 g/mol. The maximum absolute atomic E-state index is 13.1. The first kappa shape index (κ1) is 17.3. The van der Waals surface area contributed by atoms with Crippen molar-refractivity contribution in [2.45, 2.75) is 32.5 Å². The molecule has 118 valence electrons. The fourth-order valence-corrected chi connectivity index (χ4v) is 2.11. The van der Waals surface area contributed by atoms with Crippen LogP contribution in [0.4, 0.5) is 18.9 Å². The van der Waals surface area contributed by atoms with Gasteiger partial charge < -0.3 is 15.7 Å². The minimum absolute atomic E-state index is 0.0131. The number of aliphatic hydroxyl groups excluding tert-OH is 1. The Labute approximate surface area is 121 Å². The molecule has 0 aromatic heterocycles. The number of nitrogens with zero attached hydrogens (tertiary/aromatic N) is 1. The Morgan fingerprint density at radius 1 is 1.38 bits per heavy atom. The Bertz CT molecular complexity index is 501. The number of hydrogen-bond donors (Lipinski definition) is 3. The van der Waals surface area contributed by atoms with E-state index in [-0.39, 0.29) is 18.2 Å². The van der Waals surface area contributed by atoms with Crippen molar-refractivity contribution in [1.82, 2.24) is 0 Å². The van der Waals surface area contributed by atoms with Gasteiger partial charge >= 0.3 is 6.18 Å². The van der Waals surface area contributed by atoms with E-state index in [4.69, 9.17) is 16.2 Å². The van der Waals surface area contributed by atoms with Crippen molar-refractivity contribution in [3.63, 3.8) is 0 Å². The monoisotopic (exact) mass is 303 g/mol. The smallest absolute Gasteiger partial charge is 0.396 e. The average molecular weight is 303 g/mol. The highest BCUT2D eigenvalue weighted by atomic mass is 19.4. The molecule has 0 fully saturated rings. The Balaban J connectivity index is 3.28. The highest BCUT2D eigenvalue weighted by molar-refractivity contribution is 5.97. The van der Waals surface area contributed by atoms with E-state index in [9.17, 15) is 13.2 Å². The number of halogens is 3. The number of nitrogens with two attached hydrogens (primary N) is 1. The largest absolute Gasteiger partial charge is 0.417 e. The number of alkyl halides is 3. The van der Waals surface area contributed by atoms with Crippen LogP contribution in [0.1, 0.15) is 31.4 Å². The third-order valence-electron chi connectivity index (χ3n) is 3.11. The Hall–Kier alpha value is -1.76. The fourth-order valence-electron chi connectivity index (χ4n) is 2.11. The van der Waals surface area contributed by atoms with Gasteiger partial charge in [-0.2, -0.15) is 13.2 Å². The topological polar surface area (TPSA) is 73.3 Å². The van der Waals surface area contributed by atoms with Crippen LogP contribution in [0.15, 0.2) is 18.2 Å². The number of amidine groups is 1. The van der Waals surface area contributed by atoms with Crippen LogP contribution in [0.2, 0.25) is 0 Å². The molecule has 0 atom stereocenters. The third-order valence-corrected chi connectivity index (χ3v) is 3.11. The van der Waals surface area contributed by atoms with Gasteiger partial charge in [-0.3, -0.25) is 5.41 Å². The number of hydrogen-bond acceptors (Lipinski definition) is 3. The van der Waals surface area contributed by atoms with Crippen molar-refractivity contribution in [2.24, 2.45) is 5.73 Å². The summed E-state index contributed by atoms with van der Waals surface area (Å²) in [5.74, 6) is -0.611. The van der Waals surface area contributed by atoms with Crippen molar-refractivity contribution in [2.75, 3.05) is 18.1 Å². The molecule has 0 amide bonds. The summed E-state index contributed by atoms with van der Waals surface area (Å²) in [5.41, 5.74) is 4.38. The number of rotatable bonds is 6. The normalized spacial score (nSPS) is 11.8. The second-order valence-electron chi connectivity index (χ2n) is 5.01. The molecule has 0 bridgehead atoms. The highest BCUT2D eigenvalue weighted by Gasteiger charge is 2.34. The summed E-state index contributed by atoms with van der Waals surface area (Å²) >= 11 is 0. The van der Waals surface area contributed by atoms with Crippen LogP contribution in [0.5, 0.6) is 0 Å². The van der Waals surface area contributed by atoms with Crippen LogP contribution < -0.4 is 10.6 Å². The first-order valence-electron chi connectivity index (χ1n) is 6.61. The van der Waals surface area contributed by atoms with Gasteiger partial charge in [-0.15, -0.1) is 0 Å². The van der Waals surface area contributed by atoms with E-state index < -0.39 is 17.6 Å². The number of nitrogen functional groups attached to an aromatic ring is 1. The van der Waals surface area contributed by atoms with E-state index in [0.29, 0.717) is 18.7 Å².